The predicted molar refractivity (Wildman–Crippen MR) is 123 cm³/mol. The largest absolute Gasteiger partial charge is 0.493 e. The van der Waals surface area contributed by atoms with Crippen molar-refractivity contribution in [3.05, 3.63) is 82.9 Å². The molecule has 0 saturated carbocycles. The van der Waals surface area contributed by atoms with Gasteiger partial charge in [0.15, 0.2) is 0 Å². The van der Waals surface area contributed by atoms with Crippen LogP contribution in [0.1, 0.15) is 11.1 Å². The van der Waals surface area contributed by atoms with E-state index < -0.39 is 11.7 Å². The Bertz CT molecular complexity index is 1070. The Hall–Kier alpha value is -2.87. The molecule has 1 atom stereocenters. The number of methoxy groups -OCH3 is 1. The number of aliphatic imine (C=N–C) groups is 1. The van der Waals surface area contributed by atoms with E-state index in [1.165, 1.54) is 19.5 Å². The van der Waals surface area contributed by atoms with Crippen molar-refractivity contribution in [1.82, 2.24) is 4.98 Å². The van der Waals surface area contributed by atoms with Crippen molar-refractivity contribution in [2.75, 3.05) is 24.4 Å². The standard InChI is InChI=1S/C22H20ClFN4O2.ClH/c1-29-22(28-20-7-4-16(23)11-19(20)24)18-6-5-17(12-21(18)26-14-27-22)30-10-8-15-3-2-9-25-13-15;/h2-7,9,11-14,28H,8,10H2,1H3,(H,26,27);1H. The van der Waals surface area contributed by atoms with E-state index in [1.54, 1.807) is 18.3 Å². The SMILES string of the molecule is COC1(Nc2ccc(Cl)cc2F)N=CNc2cc(OCCc3cccnc3)ccc21.Cl. The summed E-state index contributed by atoms with van der Waals surface area (Å²) in [6.07, 6.45) is 5.82. The molecule has 6 nitrogen and oxygen atoms in total. The van der Waals surface area contributed by atoms with Gasteiger partial charge in [-0.15, -0.1) is 12.4 Å². The second-order valence-electron chi connectivity index (χ2n) is 6.67. The average molecular weight is 463 g/mol. The van der Waals surface area contributed by atoms with Gasteiger partial charge in [0.25, 0.3) is 5.85 Å². The molecule has 0 fully saturated rings. The Morgan fingerprint density at radius 1 is 1.19 bits per heavy atom. The number of fused-ring (bicyclic) bond motifs is 1. The number of aromatic nitrogens is 1. The van der Waals surface area contributed by atoms with E-state index in [1.807, 2.05) is 36.5 Å². The van der Waals surface area contributed by atoms with E-state index in [4.69, 9.17) is 21.1 Å². The lowest BCUT2D eigenvalue weighted by Gasteiger charge is -2.34. The van der Waals surface area contributed by atoms with Crippen LogP contribution >= 0.6 is 24.0 Å². The number of anilines is 2. The third kappa shape index (κ3) is 5.07. The van der Waals surface area contributed by atoms with Crippen molar-refractivity contribution in [1.29, 1.82) is 0 Å². The predicted octanol–water partition coefficient (Wildman–Crippen LogP) is 5.24. The van der Waals surface area contributed by atoms with Crippen molar-refractivity contribution in [3.63, 3.8) is 0 Å². The molecule has 0 bridgehead atoms. The Kier molecular flexibility index (Phi) is 7.33. The summed E-state index contributed by atoms with van der Waals surface area (Å²) in [5.41, 5.74) is 2.77. The highest BCUT2D eigenvalue weighted by Gasteiger charge is 2.36. The van der Waals surface area contributed by atoms with Gasteiger partial charge in [0, 0.05) is 37.0 Å². The normalized spacial score (nSPS) is 16.6. The number of nitrogens with zero attached hydrogens (tertiary/aromatic N) is 2. The fraction of sp³-hybridized carbons (Fsp3) is 0.182. The van der Waals surface area contributed by atoms with Crippen LogP contribution < -0.4 is 15.4 Å². The summed E-state index contributed by atoms with van der Waals surface area (Å²) >= 11 is 5.85. The summed E-state index contributed by atoms with van der Waals surface area (Å²) in [5.74, 6) is -1.09. The maximum Gasteiger partial charge on any atom is 0.267 e. The Morgan fingerprint density at radius 2 is 2.06 bits per heavy atom. The van der Waals surface area contributed by atoms with E-state index in [9.17, 15) is 4.39 Å². The second kappa shape index (κ2) is 9.96. The zero-order chi connectivity index (χ0) is 21.0. The maximum atomic E-state index is 14.3. The Labute approximate surface area is 190 Å². The highest BCUT2D eigenvalue weighted by atomic mass is 35.5. The minimum Gasteiger partial charge on any atom is -0.493 e. The van der Waals surface area contributed by atoms with Crippen molar-refractivity contribution in [2.24, 2.45) is 4.99 Å². The van der Waals surface area contributed by atoms with Gasteiger partial charge in [-0.1, -0.05) is 17.7 Å². The molecule has 4 rings (SSSR count). The highest BCUT2D eigenvalue weighted by Crippen LogP contribution is 2.38. The van der Waals surface area contributed by atoms with Crippen LogP contribution in [0.25, 0.3) is 0 Å². The number of halogens is 3. The first-order valence-electron chi connectivity index (χ1n) is 9.34. The molecule has 0 radical (unpaired) electrons. The van der Waals surface area contributed by atoms with Crippen molar-refractivity contribution in [2.45, 2.75) is 12.3 Å². The van der Waals surface area contributed by atoms with E-state index in [0.717, 1.165) is 17.7 Å². The topological polar surface area (TPSA) is 67.8 Å². The lowest BCUT2D eigenvalue weighted by atomic mass is 10.1. The molecule has 3 aromatic rings. The monoisotopic (exact) mass is 462 g/mol. The van der Waals surface area contributed by atoms with E-state index >= 15 is 0 Å². The molecule has 0 amide bonds. The van der Waals surface area contributed by atoms with Gasteiger partial charge >= 0.3 is 0 Å². The maximum absolute atomic E-state index is 14.3. The van der Waals surface area contributed by atoms with Crippen LogP contribution in [0, 0.1) is 5.82 Å². The smallest absolute Gasteiger partial charge is 0.267 e. The fourth-order valence-corrected chi connectivity index (χ4v) is 3.37. The van der Waals surface area contributed by atoms with Gasteiger partial charge in [-0.05, 0) is 42.0 Å². The van der Waals surface area contributed by atoms with Gasteiger partial charge < -0.3 is 20.1 Å². The van der Waals surface area contributed by atoms with Crippen molar-refractivity contribution in [3.8, 4) is 5.75 Å². The van der Waals surface area contributed by atoms with Crippen LogP contribution in [-0.2, 0) is 17.0 Å². The first-order valence-corrected chi connectivity index (χ1v) is 9.72. The van der Waals surface area contributed by atoms with E-state index in [-0.39, 0.29) is 18.1 Å². The number of pyridine rings is 1. The number of benzene rings is 2. The first kappa shape index (κ1) is 22.8. The van der Waals surface area contributed by atoms with Gasteiger partial charge in [0.05, 0.1) is 29.9 Å². The molecule has 9 heteroatoms. The number of rotatable bonds is 7. The van der Waals surface area contributed by atoms with Crippen LogP contribution in [0.2, 0.25) is 5.02 Å². The average Bonchev–Trinajstić information content (AvgIpc) is 2.76. The van der Waals surface area contributed by atoms with E-state index in [0.29, 0.717) is 22.9 Å². The fourth-order valence-electron chi connectivity index (χ4n) is 3.21. The van der Waals surface area contributed by atoms with Crippen LogP contribution in [0.5, 0.6) is 5.75 Å². The van der Waals surface area contributed by atoms with Crippen LogP contribution in [0.15, 0.2) is 65.9 Å². The van der Waals surface area contributed by atoms with Crippen LogP contribution in [-0.4, -0.2) is 25.0 Å². The van der Waals surface area contributed by atoms with Crippen LogP contribution in [0.4, 0.5) is 15.8 Å². The van der Waals surface area contributed by atoms with Crippen LogP contribution in [0.3, 0.4) is 0 Å². The third-order valence-corrected chi connectivity index (χ3v) is 4.97. The summed E-state index contributed by atoms with van der Waals surface area (Å²) in [4.78, 5) is 8.50. The quantitative estimate of drug-likeness (QED) is 0.469. The van der Waals surface area contributed by atoms with Gasteiger partial charge in [0.1, 0.15) is 11.6 Å². The lowest BCUT2D eigenvalue weighted by molar-refractivity contribution is 0.0188. The number of hydrogen-bond donors (Lipinski definition) is 2. The third-order valence-electron chi connectivity index (χ3n) is 4.74. The minimum atomic E-state index is -1.29. The molecule has 1 aliphatic heterocycles. The molecule has 0 aliphatic carbocycles. The summed E-state index contributed by atoms with van der Waals surface area (Å²) in [5, 5.41) is 6.44. The molecule has 1 aliphatic rings. The van der Waals surface area contributed by atoms with Crippen molar-refractivity contribution < 1.29 is 13.9 Å². The number of ether oxygens (including phenoxy) is 2. The zero-order valence-electron chi connectivity index (χ0n) is 16.6. The molecular weight excluding hydrogens is 442 g/mol. The summed E-state index contributed by atoms with van der Waals surface area (Å²) < 4.78 is 25.9. The summed E-state index contributed by atoms with van der Waals surface area (Å²) in [6, 6.07) is 13.8. The van der Waals surface area contributed by atoms with Crippen molar-refractivity contribution >= 4 is 41.7 Å². The number of nitrogens with one attached hydrogen (secondary N) is 2. The van der Waals surface area contributed by atoms with Gasteiger partial charge in [0.2, 0.25) is 0 Å². The zero-order valence-corrected chi connectivity index (χ0v) is 18.2. The van der Waals surface area contributed by atoms with Gasteiger partial charge in [-0.3, -0.25) is 4.98 Å². The molecule has 31 heavy (non-hydrogen) atoms. The first-order chi connectivity index (χ1) is 14.6. The number of hydrogen-bond acceptors (Lipinski definition) is 6. The van der Waals surface area contributed by atoms with Gasteiger partial charge in [-0.25, -0.2) is 9.38 Å². The molecule has 1 unspecified atom stereocenters. The Morgan fingerprint density at radius 3 is 2.81 bits per heavy atom. The molecule has 0 spiro atoms. The summed E-state index contributed by atoms with van der Waals surface area (Å²) in [7, 11) is 1.51. The molecule has 162 valence electrons. The molecule has 2 N–H and O–H groups in total. The molecule has 0 saturated heterocycles. The molecule has 1 aromatic heterocycles. The highest BCUT2D eigenvalue weighted by molar-refractivity contribution is 6.30. The van der Waals surface area contributed by atoms with E-state index in [2.05, 4.69) is 20.6 Å². The molecular formula is C22H21Cl2FN4O2. The minimum absolute atomic E-state index is 0. The summed E-state index contributed by atoms with van der Waals surface area (Å²) in [6.45, 7) is 0.516. The Balaban J connectivity index is 0.00000272. The molecule has 2 aromatic carbocycles. The second-order valence-corrected chi connectivity index (χ2v) is 7.10. The molecule has 2 heterocycles. The lowest BCUT2D eigenvalue weighted by Crippen LogP contribution is -2.39. The van der Waals surface area contributed by atoms with Gasteiger partial charge in [-0.2, -0.15) is 0 Å².